The number of benzene rings is 1. The number of hydrazine groups is 1. The molecule has 2 heterocycles. The van der Waals surface area contributed by atoms with E-state index in [1.54, 1.807) is 13.8 Å². The fourth-order valence-corrected chi connectivity index (χ4v) is 5.29. The summed E-state index contributed by atoms with van der Waals surface area (Å²) in [6, 6.07) is 7.56. The van der Waals surface area contributed by atoms with Crippen LogP contribution in [0.1, 0.15) is 29.9 Å². The summed E-state index contributed by atoms with van der Waals surface area (Å²) >= 11 is 0. The molecule has 1 fully saturated rings. The maximum Gasteiger partial charge on any atom is 0.257 e. The average Bonchev–Trinajstić information content (AvgIpc) is 3.10. The Morgan fingerprint density at radius 3 is 2.52 bits per heavy atom. The summed E-state index contributed by atoms with van der Waals surface area (Å²) in [6.07, 6.45) is 1.06. The number of nitrogens with zero attached hydrogens (tertiary/aromatic N) is 2. The monoisotopic (exact) mass is 449 g/mol. The molecule has 1 aliphatic rings. The van der Waals surface area contributed by atoms with Crippen LogP contribution in [0.15, 0.2) is 33.7 Å². The van der Waals surface area contributed by atoms with Crippen LogP contribution in [-0.4, -0.2) is 49.3 Å². The Morgan fingerprint density at radius 1 is 1.16 bits per heavy atom. The molecule has 0 bridgehead atoms. The average molecular weight is 450 g/mol. The summed E-state index contributed by atoms with van der Waals surface area (Å²) in [7, 11) is -3.82. The van der Waals surface area contributed by atoms with Gasteiger partial charge in [0.1, 0.15) is 10.6 Å². The predicted molar refractivity (Wildman–Crippen MR) is 113 cm³/mol. The number of hydrogen-bond acceptors (Lipinski definition) is 7. The van der Waals surface area contributed by atoms with Gasteiger partial charge < -0.3 is 9.84 Å². The molecule has 0 spiro atoms. The highest BCUT2D eigenvalue weighted by atomic mass is 32.2. The van der Waals surface area contributed by atoms with Gasteiger partial charge in [-0.2, -0.15) is 4.31 Å². The summed E-state index contributed by atoms with van der Waals surface area (Å²) in [4.78, 5) is 24.6. The van der Waals surface area contributed by atoms with Crippen LogP contribution in [0.4, 0.5) is 5.69 Å². The molecule has 2 amide bonds. The van der Waals surface area contributed by atoms with Crippen molar-refractivity contribution in [3.8, 4) is 0 Å². The van der Waals surface area contributed by atoms with E-state index in [-0.39, 0.29) is 29.4 Å². The maximum absolute atomic E-state index is 13.0. The Bertz CT molecular complexity index is 1030. The molecular formula is C20H27N5O5S. The van der Waals surface area contributed by atoms with E-state index in [0.717, 1.165) is 11.3 Å². The Kier molecular flexibility index (Phi) is 6.96. The van der Waals surface area contributed by atoms with Crippen molar-refractivity contribution in [2.75, 3.05) is 25.0 Å². The highest BCUT2D eigenvalue weighted by molar-refractivity contribution is 7.89. The Morgan fingerprint density at radius 2 is 1.87 bits per heavy atom. The highest BCUT2D eigenvalue weighted by Gasteiger charge is 2.36. The molecule has 31 heavy (non-hydrogen) atoms. The Labute approximate surface area is 181 Å². The summed E-state index contributed by atoms with van der Waals surface area (Å²) in [5.74, 6) is -1.20. The number of aryl methyl sites for hydroxylation is 3. The third kappa shape index (κ3) is 5.42. The van der Waals surface area contributed by atoms with E-state index in [2.05, 4.69) is 21.3 Å². The first-order valence-electron chi connectivity index (χ1n) is 10.0. The number of rotatable bonds is 6. The van der Waals surface area contributed by atoms with Gasteiger partial charge in [0.15, 0.2) is 5.76 Å². The molecular weight excluding hydrogens is 422 g/mol. The van der Waals surface area contributed by atoms with Crippen LogP contribution < -0.4 is 16.2 Å². The third-order valence-electron chi connectivity index (χ3n) is 5.15. The van der Waals surface area contributed by atoms with Crippen LogP contribution >= 0.6 is 0 Å². The number of nitrogens with one attached hydrogen (secondary N) is 3. The second-order valence-electron chi connectivity index (χ2n) is 7.61. The number of hydrogen-bond donors (Lipinski definition) is 3. The molecule has 1 saturated heterocycles. The molecule has 1 aliphatic heterocycles. The van der Waals surface area contributed by atoms with Crippen molar-refractivity contribution in [1.82, 2.24) is 20.3 Å². The maximum atomic E-state index is 13.0. The minimum absolute atomic E-state index is 0.0133. The smallest absolute Gasteiger partial charge is 0.257 e. The second kappa shape index (κ2) is 9.48. The van der Waals surface area contributed by atoms with Crippen molar-refractivity contribution in [3.05, 3.63) is 41.3 Å². The minimum Gasteiger partial charge on any atom is -0.376 e. The number of aromatic nitrogens is 1. The minimum atomic E-state index is -3.82. The molecule has 11 heteroatoms. The van der Waals surface area contributed by atoms with Crippen LogP contribution in [0.5, 0.6) is 0 Å². The lowest BCUT2D eigenvalue weighted by Crippen LogP contribution is -2.50. The molecule has 10 nitrogen and oxygen atoms in total. The Balaban J connectivity index is 1.52. The van der Waals surface area contributed by atoms with Crippen molar-refractivity contribution in [1.29, 1.82) is 0 Å². The largest absolute Gasteiger partial charge is 0.376 e. The standard InChI is InChI=1S/C20H27N5O5S/c1-13-6-8-17(9-7-13)21-11-18(26)22-23-20(27)16-5-4-10-25(12-16)31(28,29)19-14(2)24-30-15(19)3/h6-9,16,21H,4-5,10-12H2,1-3H3,(H,22,26)(H,23,27). The molecule has 3 N–H and O–H groups in total. The molecule has 168 valence electrons. The summed E-state index contributed by atoms with van der Waals surface area (Å²) < 4.78 is 32.2. The Hall–Kier alpha value is -2.92. The van der Waals surface area contributed by atoms with E-state index in [4.69, 9.17) is 4.52 Å². The number of sulfonamides is 1. The first-order valence-corrected chi connectivity index (χ1v) is 11.4. The molecule has 1 atom stereocenters. The molecule has 1 aromatic carbocycles. The SMILES string of the molecule is Cc1ccc(NCC(=O)NNC(=O)C2CCCN(S(=O)(=O)c3c(C)noc3C)C2)cc1. The van der Waals surface area contributed by atoms with E-state index < -0.39 is 27.8 Å². The lowest BCUT2D eigenvalue weighted by atomic mass is 9.99. The molecule has 0 saturated carbocycles. The van der Waals surface area contributed by atoms with E-state index in [0.29, 0.717) is 19.4 Å². The number of carbonyl (C=O) groups is 2. The number of anilines is 1. The van der Waals surface area contributed by atoms with Gasteiger partial charge in [-0.15, -0.1) is 0 Å². The van der Waals surface area contributed by atoms with Crippen LogP contribution in [0.25, 0.3) is 0 Å². The van der Waals surface area contributed by atoms with Gasteiger partial charge in [0.25, 0.3) is 5.91 Å². The molecule has 1 aromatic heterocycles. The topological polar surface area (TPSA) is 134 Å². The summed E-state index contributed by atoms with van der Waals surface area (Å²) in [6.45, 7) is 5.40. The fraction of sp³-hybridized carbons (Fsp3) is 0.450. The van der Waals surface area contributed by atoms with E-state index in [9.17, 15) is 18.0 Å². The highest BCUT2D eigenvalue weighted by Crippen LogP contribution is 2.27. The van der Waals surface area contributed by atoms with Crippen molar-refractivity contribution < 1.29 is 22.5 Å². The van der Waals surface area contributed by atoms with Crippen molar-refractivity contribution in [2.24, 2.45) is 5.92 Å². The van der Waals surface area contributed by atoms with Gasteiger partial charge in [-0.1, -0.05) is 22.9 Å². The predicted octanol–water partition coefficient (Wildman–Crippen LogP) is 1.26. The van der Waals surface area contributed by atoms with Gasteiger partial charge in [0.05, 0.1) is 12.5 Å². The summed E-state index contributed by atoms with van der Waals surface area (Å²) in [5.41, 5.74) is 6.95. The molecule has 1 unspecified atom stereocenters. The summed E-state index contributed by atoms with van der Waals surface area (Å²) in [5, 5.41) is 6.67. The van der Waals surface area contributed by atoms with Gasteiger partial charge >= 0.3 is 0 Å². The first kappa shape index (κ1) is 22.8. The van der Waals surface area contributed by atoms with Gasteiger partial charge in [0, 0.05) is 18.8 Å². The van der Waals surface area contributed by atoms with Crippen molar-refractivity contribution >= 4 is 27.5 Å². The van der Waals surface area contributed by atoms with Gasteiger partial charge in [-0.25, -0.2) is 8.42 Å². The first-order chi connectivity index (χ1) is 14.7. The van der Waals surface area contributed by atoms with Crippen LogP contribution in [0.2, 0.25) is 0 Å². The van der Waals surface area contributed by atoms with Gasteiger partial charge in [-0.3, -0.25) is 20.4 Å². The van der Waals surface area contributed by atoms with E-state index in [1.165, 1.54) is 4.31 Å². The fourth-order valence-electron chi connectivity index (χ4n) is 3.48. The van der Waals surface area contributed by atoms with Gasteiger partial charge in [0.2, 0.25) is 15.9 Å². The van der Waals surface area contributed by atoms with Crippen LogP contribution in [0.3, 0.4) is 0 Å². The molecule has 2 aromatic rings. The van der Waals surface area contributed by atoms with Crippen LogP contribution in [0, 0.1) is 26.7 Å². The molecule has 0 radical (unpaired) electrons. The lowest BCUT2D eigenvalue weighted by Gasteiger charge is -2.31. The number of carbonyl (C=O) groups excluding carboxylic acids is 2. The van der Waals surface area contributed by atoms with E-state index in [1.807, 2.05) is 31.2 Å². The zero-order valence-electron chi connectivity index (χ0n) is 17.8. The van der Waals surface area contributed by atoms with Crippen molar-refractivity contribution in [3.63, 3.8) is 0 Å². The normalized spacial score (nSPS) is 17.2. The zero-order chi connectivity index (χ0) is 22.6. The van der Waals surface area contributed by atoms with Crippen molar-refractivity contribution in [2.45, 2.75) is 38.5 Å². The number of amides is 2. The molecule has 3 rings (SSSR count). The lowest BCUT2D eigenvalue weighted by molar-refractivity contribution is -0.131. The van der Waals surface area contributed by atoms with E-state index >= 15 is 0 Å². The quantitative estimate of drug-likeness (QED) is 0.565. The third-order valence-corrected chi connectivity index (χ3v) is 7.26. The zero-order valence-corrected chi connectivity index (χ0v) is 18.6. The number of piperidine rings is 1. The van der Waals surface area contributed by atoms with Crippen LogP contribution in [-0.2, 0) is 19.6 Å². The molecule has 0 aliphatic carbocycles. The second-order valence-corrected chi connectivity index (χ2v) is 9.49. The van der Waals surface area contributed by atoms with Gasteiger partial charge in [-0.05, 0) is 45.7 Å².